The van der Waals surface area contributed by atoms with E-state index >= 15 is 0 Å². The summed E-state index contributed by atoms with van der Waals surface area (Å²) in [5.41, 5.74) is 0. The van der Waals surface area contributed by atoms with Gasteiger partial charge in [0.15, 0.2) is 0 Å². The molecule has 1 aliphatic heterocycles. The van der Waals surface area contributed by atoms with Crippen molar-refractivity contribution >= 4 is 17.8 Å². The monoisotopic (exact) mass is 408 g/mol. The fourth-order valence-electron chi connectivity index (χ4n) is 4.51. The molecule has 7 heteroatoms. The van der Waals surface area contributed by atoms with Crippen LogP contribution in [0.1, 0.15) is 70.6 Å². The molecule has 1 atom stereocenters. The van der Waals surface area contributed by atoms with Crippen molar-refractivity contribution < 1.29 is 24.6 Å². The maximum atomic E-state index is 12.5. The van der Waals surface area contributed by atoms with Crippen LogP contribution in [0.5, 0.6) is 0 Å². The average molecular weight is 409 g/mol. The lowest BCUT2D eigenvalue weighted by Gasteiger charge is -2.34. The summed E-state index contributed by atoms with van der Waals surface area (Å²) in [6.45, 7) is 3.47. The molecule has 2 aliphatic carbocycles. The highest BCUT2D eigenvalue weighted by atomic mass is 16.4. The zero-order valence-electron chi connectivity index (χ0n) is 17.4. The van der Waals surface area contributed by atoms with Crippen LogP contribution >= 0.6 is 0 Å². The molecule has 0 aromatic heterocycles. The third-order valence-corrected chi connectivity index (χ3v) is 6.24. The minimum absolute atomic E-state index is 0.265. The van der Waals surface area contributed by atoms with E-state index in [0.717, 1.165) is 31.8 Å². The van der Waals surface area contributed by atoms with Crippen molar-refractivity contribution in [3.05, 3.63) is 12.2 Å². The van der Waals surface area contributed by atoms with Crippen molar-refractivity contribution in [2.75, 3.05) is 19.6 Å². The van der Waals surface area contributed by atoms with Crippen LogP contribution in [-0.4, -0.2) is 58.6 Å². The van der Waals surface area contributed by atoms with Gasteiger partial charge in [0.25, 0.3) is 0 Å². The second-order valence-corrected chi connectivity index (χ2v) is 8.53. The number of carboxylic acids is 2. The van der Waals surface area contributed by atoms with Crippen LogP contribution in [0.3, 0.4) is 0 Å². The Bertz CT molecular complexity index is 550. The smallest absolute Gasteiger partial charge is 0.414 e. The number of likely N-dealkylation sites (tertiary alicyclic amines) is 1. The van der Waals surface area contributed by atoms with E-state index in [9.17, 15) is 4.79 Å². The number of aliphatic carboxylic acids is 2. The van der Waals surface area contributed by atoms with Gasteiger partial charge < -0.3 is 20.4 Å². The Kier molecular flexibility index (Phi) is 10.2. The third-order valence-electron chi connectivity index (χ3n) is 6.24. The normalized spacial score (nSPS) is 24.1. The molecule has 2 fully saturated rings. The predicted octanol–water partition coefficient (Wildman–Crippen LogP) is 3.05. The van der Waals surface area contributed by atoms with Crippen molar-refractivity contribution in [3.8, 4) is 0 Å². The third kappa shape index (κ3) is 8.98. The average Bonchev–Trinajstić information content (AvgIpc) is 2.98. The summed E-state index contributed by atoms with van der Waals surface area (Å²) in [4.78, 5) is 33.3. The summed E-state index contributed by atoms with van der Waals surface area (Å²) in [5.74, 6) is -2.20. The van der Waals surface area contributed by atoms with E-state index in [2.05, 4.69) is 22.4 Å². The van der Waals surface area contributed by atoms with E-state index in [1.54, 1.807) is 0 Å². The van der Waals surface area contributed by atoms with E-state index in [0.29, 0.717) is 11.9 Å². The minimum Gasteiger partial charge on any atom is -0.473 e. The number of piperidine rings is 1. The van der Waals surface area contributed by atoms with Gasteiger partial charge in [-0.05, 0) is 64.0 Å². The number of allylic oxidation sites excluding steroid dienone is 2. The van der Waals surface area contributed by atoms with Crippen molar-refractivity contribution in [2.24, 2.45) is 11.8 Å². The molecular formula is C22H36N2O5. The highest BCUT2D eigenvalue weighted by molar-refractivity contribution is 6.27. The van der Waals surface area contributed by atoms with E-state index in [-0.39, 0.29) is 5.92 Å². The molecule has 3 N–H and O–H groups in total. The zero-order valence-corrected chi connectivity index (χ0v) is 17.4. The minimum atomic E-state index is -1.82. The molecule has 0 spiro atoms. The van der Waals surface area contributed by atoms with E-state index < -0.39 is 11.9 Å². The number of nitrogens with one attached hydrogen (secondary N) is 1. The van der Waals surface area contributed by atoms with Gasteiger partial charge >= 0.3 is 11.9 Å². The first-order valence-electron chi connectivity index (χ1n) is 11.1. The maximum absolute atomic E-state index is 12.5. The SMILES string of the molecule is O=C(NC1CCCCCC1)C1CCN(CC2CC=CCC2)CC1.O=C(O)C(=O)O. The van der Waals surface area contributed by atoms with E-state index in [4.69, 9.17) is 19.8 Å². The Morgan fingerprint density at radius 1 is 0.862 bits per heavy atom. The lowest BCUT2D eigenvalue weighted by Crippen LogP contribution is -2.44. The molecule has 0 radical (unpaired) electrons. The van der Waals surface area contributed by atoms with Gasteiger partial charge in [-0.2, -0.15) is 0 Å². The molecule has 7 nitrogen and oxygen atoms in total. The fraction of sp³-hybridized carbons (Fsp3) is 0.773. The summed E-state index contributed by atoms with van der Waals surface area (Å²) < 4.78 is 0. The maximum Gasteiger partial charge on any atom is 0.414 e. The van der Waals surface area contributed by atoms with Gasteiger partial charge in [-0.1, -0.05) is 37.8 Å². The van der Waals surface area contributed by atoms with Crippen LogP contribution in [0.15, 0.2) is 12.2 Å². The van der Waals surface area contributed by atoms with Crippen LogP contribution in [0.2, 0.25) is 0 Å². The molecule has 0 bridgehead atoms. The standard InChI is InChI=1S/C20H34N2O.C2H2O4/c23-20(21-19-10-6-1-2-7-11-19)18-12-14-22(15-13-18)16-17-8-4-3-5-9-17;3-1(4)2(5)6/h3-4,17-19H,1-2,5-16H2,(H,21,23);(H,3,4)(H,5,6). The van der Waals surface area contributed by atoms with Crippen LogP contribution in [0.25, 0.3) is 0 Å². The first kappa shape index (κ1) is 23.4. The molecule has 3 aliphatic rings. The van der Waals surface area contributed by atoms with Gasteiger partial charge in [0.1, 0.15) is 0 Å². The van der Waals surface area contributed by atoms with Crippen molar-refractivity contribution in [3.63, 3.8) is 0 Å². The predicted molar refractivity (Wildman–Crippen MR) is 111 cm³/mol. The molecule has 1 unspecified atom stereocenters. The van der Waals surface area contributed by atoms with Crippen LogP contribution in [-0.2, 0) is 14.4 Å². The first-order chi connectivity index (χ1) is 14.0. The topological polar surface area (TPSA) is 107 Å². The summed E-state index contributed by atoms with van der Waals surface area (Å²) in [6.07, 6.45) is 18.3. The lowest BCUT2D eigenvalue weighted by molar-refractivity contribution is -0.159. The number of carbonyl (C=O) groups is 3. The molecule has 3 rings (SSSR count). The number of hydrogen-bond donors (Lipinski definition) is 3. The number of hydrogen-bond acceptors (Lipinski definition) is 4. The Labute approximate surface area is 173 Å². The number of carbonyl (C=O) groups excluding carboxylic acids is 1. The molecule has 1 heterocycles. The van der Waals surface area contributed by atoms with Crippen molar-refractivity contribution in [1.82, 2.24) is 10.2 Å². The number of rotatable bonds is 4. The summed E-state index contributed by atoms with van der Waals surface area (Å²) >= 11 is 0. The van der Waals surface area contributed by atoms with Gasteiger partial charge in [0.2, 0.25) is 5.91 Å². The van der Waals surface area contributed by atoms with E-state index in [1.165, 1.54) is 64.3 Å². The lowest BCUT2D eigenvalue weighted by atomic mass is 9.91. The molecule has 29 heavy (non-hydrogen) atoms. The highest BCUT2D eigenvalue weighted by Crippen LogP contribution is 2.24. The van der Waals surface area contributed by atoms with Gasteiger partial charge in [0, 0.05) is 18.5 Å². The molecule has 1 saturated carbocycles. The van der Waals surface area contributed by atoms with Gasteiger partial charge in [-0.3, -0.25) is 4.79 Å². The van der Waals surface area contributed by atoms with Crippen LogP contribution in [0.4, 0.5) is 0 Å². The molecule has 1 saturated heterocycles. The largest absolute Gasteiger partial charge is 0.473 e. The van der Waals surface area contributed by atoms with Crippen LogP contribution in [0, 0.1) is 11.8 Å². The summed E-state index contributed by atoms with van der Waals surface area (Å²) in [6, 6.07) is 0.456. The Morgan fingerprint density at radius 2 is 1.48 bits per heavy atom. The van der Waals surface area contributed by atoms with Gasteiger partial charge in [0.05, 0.1) is 0 Å². The fourth-order valence-corrected chi connectivity index (χ4v) is 4.51. The molecule has 0 aromatic rings. The van der Waals surface area contributed by atoms with Crippen molar-refractivity contribution in [2.45, 2.75) is 76.7 Å². The molecule has 164 valence electrons. The number of carboxylic acid groups (broad SMARTS) is 2. The van der Waals surface area contributed by atoms with Crippen LogP contribution < -0.4 is 5.32 Å². The molecular weight excluding hydrogens is 372 g/mol. The first-order valence-corrected chi connectivity index (χ1v) is 11.1. The summed E-state index contributed by atoms with van der Waals surface area (Å²) in [7, 11) is 0. The Morgan fingerprint density at radius 3 is 2.00 bits per heavy atom. The molecule has 0 aromatic carbocycles. The number of amides is 1. The van der Waals surface area contributed by atoms with E-state index in [1.807, 2.05) is 0 Å². The quantitative estimate of drug-likeness (QED) is 0.375. The number of nitrogens with zero attached hydrogens (tertiary/aromatic N) is 1. The second kappa shape index (κ2) is 12.6. The van der Waals surface area contributed by atoms with Gasteiger partial charge in [-0.15, -0.1) is 0 Å². The molecule has 1 amide bonds. The van der Waals surface area contributed by atoms with Gasteiger partial charge in [-0.25, -0.2) is 9.59 Å². The Balaban J connectivity index is 0.000000438. The summed E-state index contributed by atoms with van der Waals surface area (Å²) in [5, 5.41) is 18.1. The second-order valence-electron chi connectivity index (χ2n) is 8.53. The zero-order chi connectivity index (χ0) is 21.1. The Hall–Kier alpha value is -1.89. The van der Waals surface area contributed by atoms with Crippen molar-refractivity contribution in [1.29, 1.82) is 0 Å². The highest BCUT2D eigenvalue weighted by Gasteiger charge is 2.27.